The Morgan fingerprint density at radius 1 is 0.707 bits per heavy atom. The van der Waals surface area contributed by atoms with Gasteiger partial charge in [0.2, 0.25) is 5.76 Å². The molecular weight excluding hydrogens is 518 g/mol. The number of ether oxygens (including phenoxy) is 3. The first-order chi connectivity index (χ1) is 20.0. The number of carbonyl (C=O) groups excluding carboxylic acids is 3. The molecule has 0 aliphatic heterocycles. The van der Waals surface area contributed by atoms with Gasteiger partial charge in [0, 0.05) is 5.56 Å². The summed E-state index contributed by atoms with van der Waals surface area (Å²) in [4.78, 5) is 38.1. The predicted octanol–water partition coefficient (Wildman–Crippen LogP) is 8.18. The van der Waals surface area contributed by atoms with E-state index in [-0.39, 0.29) is 30.6 Å². The Morgan fingerprint density at radius 2 is 1.32 bits per heavy atom. The van der Waals surface area contributed by atoms with Crippen LogP contribution < -0.4 is 10.1 Å². The van der Waals surface area contributed by atoms with Crippen LogP contribution in [0.25, 0.3) is 0 Å². The summed E-state index contributed by atoms with van der Waals surface area (Å²) in [6.45, 7) is 6.64. The number of rotatable bonds is 20. The average Bonchev–Trinajstić information content (AvgIpc) is 2.97. The molecule has 0 aromatic heterocycles. The first-order valence-corrected chi connectivity index (χ1v) is 15.2. The summed E-state index contributed by atoms with van der Waals surface area (Å²) in [6, 6.07) is 14.4. The maximum absolute atomic E-state index is 13.0. The molecular formula is C34H47NO6. The minimum atomic E-state index is -0.774. The van der Waals surface area contributed by atoms with E-state index in [0.29, 0.717) is 24.1 Å². The van der Waals surface area contributed by atoms with Crippen molar-refractivity contribution < 1.29 is 28.6 Å². The standard InChI is InChI=1S/C34H47NO6/c1-4-7-10-11-12-13-14-17-27-20-22-28(23-21-27)33(37)35-29-18-15-16-19-30(29)41-31(34(38)40-25-9-6-3)26-32(36)39-24-8-5-2/h15-16,18-23,26H,4-14,17,24-25H2,1-3H3,(H,35,37)/b31-26-. The predicted molar refractivity (Wildman–Crippen MR) is 163 cm³/mol. The normalized spacial score (nSPS) is 11.1. The molecule has 0 unspecified atom stereocenters. The molecule has 0 spiro atoms. The Morgan fingerprint density at radius 3 is 2.00 bits per heavy atom. The van der Waals surface area contributed by atoms with E-state index in [0.717, 1.165) is 31.8 Å². The fourth-order valence-corrected chi connectivity index (χ4v) is 4.06. The van der Waals surface area contributed by atoms with E-state index in [9.17, 15) is 14.4 Å². The summed E-state index contributed by atoms with van der Waals surface area (Å²) in [5.74, 6) is -1.88. The molecule has 0 fully saturated rings. The highest BCUT2D eigenvalue weighted by molar-refractivity contribution is 6.05. The summed E-state index contributed by atoms with van der Waals surface area (Å²) >= 11 is 0. The Bertz CT molecular complexity index is 1090. The lowest BCUT2D eigenvalue weighted by Crippen LogP contribution is -2.18. The van der Waals surface area contributed by atoms with Crippen molar-refractivity contribution in [3.63, 3.8) is 0 Å². The fourth-order valence-electron chi connectivity index (χ4n) is 4.06. The van der Waals surface area contributed by atoms with Crippen LogP contribution in [0.2, 0.25) is 0 Å². The Balaban J connectivity index is 2.04. The van der Waals surface area contributed by atoms with Gasteiger partial charge >= 0.3 is 11.9 Å². The highest BCUT2D eigenvalue weighted by Crippen LogP contribution is 2.27. The molecule has 1 N–H and O–H groups in total. The molecule has 0 aliphatic carbocycles. The van der Waals surface area contributed by atoms with Gasteiger partial charge in [-0.2, -0.15) is 0 Å². The molecule has 7 heteroatoms. The maximum Gasteiger partial charge on any atom is 0.374 e. The lowest BCUT2D eigenvalue weighted by Gasteiger charge is -2.14. The molecule has 0 saturated carbocycles. The number of amides is 1. The van der Waals surface area contributed by atoms with Crippen LogP contribution in [-0.2, 0) is 25.5 Å². The second-order valence-electron chi connectivity index (χ2n) is 10.1. The number of para-hydroxylation sites is 2. The molecule has 0 bridgehead atoms. The molecule has 224 valence electrons. The number of hydrogen-bond donors (Lipinski definition) is 1. The van der Waals surface area contributed by atoms with Crippen molar-refractivity contribution in [2.24, 2.45) is 0 Å². The summed E-state index contributed by atoms with van der Waals surface area (Å²) in [5.41, 5.74) is 2.08. The lowest BCUT2D eigenvalue weighted by molar-refractivity contribution is -0.143. The van der Waals surface area contributed by atoms with Crippen LogP contribution in [0.4, 0.5) is 5.69 Å². The summed E-state index contributed by atoms with van der Waals surface area (Å²) in [6.07, 6.45) is 14.0. The number of aryl methyl sites for hydroxylation is 1. The van der Waals surface area contributed by atoms with E-state index in [1.165, 1.54) is 44.1 Å². The SMILES string of the molecule is CCCCCCCCCc1ccc(C(=O)Nc2ccccc2O/C(=C\C(=O)OCCCC)C(=O)OCCCC)cc1. The number of hydrogen-bond acceptors (Lipinski definition) is 6. The Hall–Kier alpha value is -3.61. The zero-order chi connectivity index (χ0) is 29.7. The van der Waals surface area contributed by atoms with E-state index in [4.69, 9.17) is 14.2 Å². The molecule has 1 amide bonds. The van der Waals surface area contributed by atoms with Crippen LogP contribution in [-0.4, -0.2) is 31.1 Å². The smallest absolute Gasteiger partial charge is 0.374 e. The molecule has 0 saturated heterocycles. The number of carbonyl (C=O) groups is 3. The van der Waals surface area contributed by atoms with E-state index in [2.05, 4.69) is 12.2 Å². The van der Waals surface area contributed by atoms with Gasteiger partial charge in [0.05, 0.1) is 25.0 Å². The summed E-state index contributed by atoms with van der Waals surface area (Å²) in [7, 11) is 0. The highest BCUT2D eigenvalue weighted by atomic mass is 16.6. The molecule has 2 rings (SSSR count). The van der Waals surface area contributed by atoms with Crippen LogP contribution >= 0.6 is 0 Å². The molecule has 0 aliphatic rings. The van der Waals surface area contributed by atoms with E-state index in [1.807, 2.05) is 38.1 Å². The number of benzene rings is 2. The Labute approximate surface area is 245 Å². The van der Waals surface area contributed by atoms with Gasteiger partial charge in [0.15, 0.2) is 5.75 Å². The fraction of sp³-hybridized carbons (Fsp3) is 0.500. The number of nitrogens with one attached hydrogen (secondary N) is 1. The van der Waals surface area contributed by atoms with Crippen LogP contribution in [0.5, 0.6) is 5.75 Å². The van der Waals surface area contributed by atoms with E-state index >= 15 is 0 Å². The summed E-state index contributed by atoms with van der Waals surface area (Å²) in [5, 5.41) is 2.86. The zero-order valence-corrected chi connectivity index (χ0v) is 25.0. The monoisotopic (exact) mass is 565 g/mol. The minimum Gasteiger partial charge on any atom is -0.462 e. The van der Waals surface area contributed by atoms with Crippen LogP contribution in [0, 0.1) is 0 Å². The number of esters is 2. The van der Waals surface area contributed by atoms with Crippen molar-refractivity contribution in [1.82, 2.24) is 0 Å². The van der Waals surface area contributed by atoms with Crippen LogP contribution in [0.15, 0.2) is 60.4 Å². The van der Waals surface area contributed by atoms with E-state index in [1.54, 1.807) is 24.3 Å². The van der Waals surface area contributed by atoms with Gasteiger partial charge in [-0.3, -0.25) is 4.79 Å². The van der Waals surface area contributed by atoms with Crippen molar-refractivity contribution >= 4 is 23.5 Å². The molecule has 41 heavy (non-hydrogen) atoms. The molecule has 2 aromatic rings. The molecule has 7 nitrogen and oxygen atoms in total. The molecule has 0 heterocycles. The first-order valence-electron chi connectivity index (χ1n) is 15.2. The second kappa shape index (κ2) is 20.3. The third-order valence-corrected chi connectivity index (χ3v) is 6.56. The van der Waals surface area contributed by atoms with Gasteiger partial charge < -0.3 is 19.5 Å². The van der Waals surface area contributed by atoms with Crippen LogP contribution in [0.1, 0.15) is 107 Å². The zero-order valence-electron chi connectivity index (χ0n) is 25.0. The first kappa shape index (κ1) is 33.6. The summed E-state index contributed by atoms with van der Waals surface area (Å²) < 4.78 is 16.3. The number of anilines is 1. The van der Waals surface area contributed by atoms with Gasteiger partial charge in [-0.1, -0.05) is 96.4 Å². The van der Waals surface area contributed by atoms with Crippen molar-refractivity contribution in [3.8, 4) is 5.75 Å². The van der Waals surface area contributed by atoms with Gasteiger partial charge in [-0.05, 0) is 55.5 Å². The minimum absolute atomic E-state index is 0.203. The van der Waals surface area contributed by atoms with E-state index < -0.39 is 11.9 Å². The number of unbranched alkanes of at least 4 members (excludes halogenated alkanes) is 8. The van der Waals surface area contributed by atoms with Crippen molar-refractivity contribution in [2.75, 3.05) is 18.5 Å². The van der Waals surface area contributed by atoms with Gasteiger partial charge in [0.1, 0.15) is 0 Å². The average molecular weight is 566 g/mol. The molecule has 0 radical (unpaired) electrons. The third-order valence-electron chi connectivity index (χ3n) is 6.56. The quantitative estimate of drug-likeness (QED) is 0.0753. The molecule has 2 aromatic carbocycles. The van der Waals surface area contributed by atoms with Gasteiger partial charge in [0.25, 0.3) is 5.91 Å². The Kier molecular flexibility index (Phi) is 16.6. The molecule has 0 atom stereocenters. The van der Waals surface area contributed by atoms with Crippen LogP contribution in [0.3, 0.4) is 0 Å². The second-order valence-corrected chi connectivity index (χ2v) is 10.1. The largest absolute Gasteiger partial charge is 0.462 e. The van der Waals surface area contributed by atoms with Gasteiger partial charge in [-0.15, -0.1) is 0 Å². The van der Waals surface area contributed by atoms with Crippen molar-refractivity contribution in [2.45, 2.75) is 97.8 Å². The third kappa shape index (κ3) is 13.5. The lowest BCUT2D eigenvalue weighted by atomic mass is 10.0. The van der Waals surface area contributed by atoms with Crippen molar-refractivity contribution in [1.29, 1.82) is 0 Å². The van der Waals surface area contributed by atoms with Crippen molar-refractivity contribution in [3.05, 3.63) is 71.5 Å². The topological polar surface area (TPSA) is 90.9 Å². The highest BCUT2D eigenvalue weighted by Gasteiger charge is 2.19. The maximum atomic E-state index is 13.0. The van der Waals surface area contributed by atoms with Gasteiger partial charge in [-0.25, -0.2) is 9.59 Å².